The summed E-state index contributed by atoms with van der Waals surface area (Å²) in [6.45, 7) is 5.55. The molecule has 0 aromatic heterocycles. The van der Waals surface area contributed by atoms with E-state index in [2.05, 4.69) is 5.32 Å². The predicted molar refractivity (Wildman–Crippen MR) is 170 cm³/mol. The van der Waals surface area contributed by atoms with Crippen LogP contribution < -0.4 is 9.62 Å². The monoisotopic (exact) mass is 607 g/mol. The average Bonchev–Trinajstić information content (AvgIpc) is 3.49. The molecule has 0 spiro atoms. The Morgan fingerprint density at radius 1 is 0.952 bits per heavy atom. The first-order valence-electron chi connectivity index (χ1n) is 14.5. The molecule has 7 nitrogen and oxygen atoms in total. The quantitative estimate of drug-likeness (QED) is 0.252. The molecule has 1 aliphatic carbocycles. The topological polar surface area (TPSA) is 86.8 Å². The van der Waals surface area contributed by atoms with E-state index in [-0.39, 0.29) is 23.4 Å². The average molecular weight is 608 g/mol. The predicted octanol–water partition coefficient (Wildman–Crippen LogP) is 6.09. The Hall–Kier alpha value is -3.30. The smallest absolute Gasteiger partial charge is 0.264 e. The summed E-state index contributed by atoms with van der Waals surface area (Å²) in [5, 5.41) is 3.15. The summed E-state index contributed by atoms with van der Waals surface area (Å²) in [4.78, 5) is 30.4. The van der Waals surface area contributed by atoms with Crippen molar-refractivity contribution in [2.45, 2.75) is 81.3 Å². The van der Waals surface area contributed by atoms with Crippen LogP contribution in [-0.4, -0.2) is 50.0 Å². The first-order chi connectivity index (χ1) is 20.1. The standard InChI is InChI=1S/C33H41N3O4S2/c1-5-31(33(38)34-27-11-6-7-12-27)35(22-26-10-8-9-25(3)21-26)32(37)23-36(28-15-13-24(2)14-16-28)42(39,40)30-19-17-29(41-4)18-20-30/h8-10,13-21,27,31H,5-7,11-12,22-23H2,1-4H3,(H,34,38)/t31-/m0/s1. The second-order valence-electron chi connectivity index (χ2n) is 10.9. The van der Waals surface area contributed by atoms with E-state index in [1.165, 1.54) is 11.8 Å². The van der Waals surface area contributed by atoms with Crippen molar-refractivity contribution in [1.29, 1.82) is 0 Å². The van der Waals surface area contributed by atoms with Gasteiger partial charge in [-0.25, -0.2) is 8.42 Å². The van der Waals surface area contributed by atoms with Gasteiger partial charge in [-0.2, -0.15) is 0 Å². The molecule has 1 saturated carbocycles. The van der Waals surface area contributed by atoms with E-state index in [9.17, 15) is 18.0 Å². The van der Waals surface area contributed by atoms with Crippen LogP contribution in [0.4, 0.5) is 5.69 Å². The van der Waals surface area contributed by atoms with Gasteiger partial charge in [0.1, 0.15) is 12.6 Å². The molecule has 0 heterocycles. The van der Waals surface area contributed by atoms with Gasteiger partial charge in [-0.05, 0) is 81.3 Å². The van der Waals surface area contributed by atoms with Crippen LogP contribution in [-0.2, 0) is 26.2 Å². The van der Waals surface area contributed by atoms with E-state index in [1.807, 2.05) is 63.4 Å². The number of rotatable bonds is 12. The van der Waals surface area contributed by atoms with Crippen LogP contribution in [0.2, 0.25) is 0 Å². The van der Waals surface area contributed by atoms with Crippen LogP contribution in [0.3, 0.4) is 0 Å². The number of anilines is 1. The summed E-state index contributed by atoms with van der Waals surface area (Å²) < 4.78 is 29.3. The van der Waals surface area contributed by atoms with Gasteiger partial charge in [0.25, 0.3) is 10.0 Å². The second-order valence-corrected chi connectivity index (χ2v) is 13.7. The summed E-state index contributed by atoms with van der Waals surface area (Å²) in [6.07, 6.45) is 6.36. The van der Waals surface area contributed by atoms with E-state index >= 15 is 0 Å². The maximum atomic E-state index is 14.2. The zero-order valence-electron chi connectivity index (χ0n) is 24.9. The van der Waals surface area contributed by atoms with Crippen LogP contribution in [0.1, 0.15) is 55.7 Å². The van der Waals surface area contributed by atoms with Crippen LogP contribution in [0.15, 0.2) is 82.6 Å². The Morgan fingerprint density at radius 2 is 1.62 bits per heavy atom. The third-order valence-corrected chi connectivity index (χ3v) is 10.3. The summed E-state index contributed by atoms with van der Waals surface area (Å²) in [5.41, 5.74) is 3.29. The van der Waals surface area contributed by atoms with Crippen LogP contribution in [0.5, 0.6) is 0 Å². The molecule has 224 valence electrons. The number of carbonyl (C=O) groups excluding carboxylic acids is 2. The fourth-order valence-corrected chi connectivity index (χ4v) is 7.23. The Balaban J connectivity index is 1.71. The van der Waals surface area contributed by atoms with Gasteiger partial charge in [0.2, 0.25) is 11.8 Å². The van der Waals surface area contributed by atoms with Gasteiger partial charge in [0.05, 0.1) is 10.6 Å². The van der Waals surface area contributed by atoms with Crippen LogP contribution >= 0.6 is 11.8 Å². The minimum Gasteiger partial charge on any atom is -0.352 e. The number of hydrogen-bond donors (Lipinski definition) is 1. The van der Waals surface area contributed by atoms with Crippen LogP contribution in [0, 0.1) is 13.8 Å². The van der Waals surface area contributed by atoms with E-state index < -0.39 is 28.5 Å². The molecule has 2 amide bonds. The van der Waals surface area contributed by atoms with Gasteiger partial charge < -0.3 is 10.2 Å². The van der Waals surface area contributed by atoms with E-state index in [1.54, 1.807) is 41.3 Å². The number of sulfonamides is 1. The molecule has 4 rings (SSSR count). The molecule has 42 heavy (non-hydrogen) atoms. The summed E-state index contributed by atoms with van der Waals surface area (Å²) in [6, 6.07) is 20.9. The fraction of sp³-hybridized carbons (Fsp3) is 0.394. The third kappa shape index (κ3) is 7.75. The van der Waals surface area contributed by atoms with Gasteiger partial charge in [-0.3, -0.25) is 13.9 Å². The van der Waals surface area contributed by atoms with Gasteiger partial charge in [-0.15, -0.1) is 11.8 Å². The maximum absolute atomic E-state index is 14.2. The zero-order chi connectivity index (χ0) is 30.3. The lowest BCUT2D eigenvalue weighted by Crippen LogP contribution is -2.53. The van der Waals surface area contributed by atoms with Crippen molar-refractivity contribution in [2.75, 3.05) is 17.1 Å². The number of nitrogens with zero attached hydrogens (tertiary/aromatic N) is 2. The van der Waals surface area contributed by atoms with Crippen molar-refractivity contribution < 1.29 is 18.0 Å². The minimum atomic E-state index is -4.10. The van der Waals surface area contributed by atoms with Crippen molar-refractivity contribution >= 4 is 39.3 Å². The molecule has 1 aliphatic rings. The third-order valence-electron chi connectivity index (χ3n) is 7.77. The first kappa shape index (κ1) is 31.6. The summed E-state index contributed by atoms with van der Waals surface area (Å²) in [5.74, 6) is -0.627. The number of carbonyl (C=O) groups is 2. The zero-order valence-corrected chi connectivity index (χ0v) is 26.5. The van der Waals surface area contributed by atoms with E-state index in [4.69, 9.17) is 0 Å². The van der Waals surface area contributed by atoms with Gasteiger partial charge in [0, 0.05) is 17.5 Å². The van der Waals surface area contributed by atoms with Gasteiger partial charge in [-0.1, -0.05) is 67.3 Å². The number of nitrogens with one attached hydrogen (secondary N) is 1. The number of thioether (sulfide) groups is 1. The van der Waals surface area contributed by atoms with Gasteiger partial charge >= 0.3 is 0 Å². The second kappa shape index (κ2) is 14.2. The molecule has 0 aliphatic heterocycles. The first-order valence-corrected chi connectivity index (χ1v) is 17.2. The maximum Gasteiger partial charge on any atom is 0.264 e. The Kier molecular flexibility index (Phi) is 10.7. The molecule has 0 saturated heterocycles. The SMILES string of the molecule is CC[C@@H](C(=O)NC1CCCC1)N(Cc1cccc(C)c1)C(=O)CN(c1ccc(C)cc1)S(=O)(=O)c1ccc(SC)cc1. The lowest BCUT2D eigenvalue weighted by Gasteiger charge is -2.34. The number of amides is 2. The highest BCUT2D eigenvalue weighted by Gasteiger charge is 2.34. The highest BCUT2D eigenvalue weighted by molar-refractivity contribution is 7.98. The summed E-state index contributed by atoms with van der Waals surface area (Å²) in [7, 11) is -4.10. The Morgan fingerprint density at radius 3 is 2.21 bits per heavy atom. The Labute approximate surface area is 254 Å². The molecule has 1 atom stereocenters. The number of benzene rings is 3. The molecule has 3 aromatic rings. The molecule has 1 N–H and O–H groups in total. The molecule has 1 fully saturated rings. The number of aryl methyl sites for hydroxylation is 2. The molecule has 0 bridgehead atoms. The highest BCUT2D eigenvalue weighted by atomic mass is 32.2. The lowest BCUT2D eigenvalue weighted by atomic mass is 10.1. The lowest BCUT2D eigenvalue weighted by molar-refractivity contribution is -0.140. The van der Waals surface area contributed by atoms with Crippen molar-refractivity contribution in [2.24, 2.45) is 0 Å². The fourth-order valence-electron chi connectivity index (χ4n) is 5.41. The number of hydrogen-bond acceptors (Lipinski definition) is 5. The normalized spacial score (nSPS) is 14.4. The summed E-state index contributed by atoms with van der Waals surface area (Å²) >= 11 is 1.52. The molecule has 9 heteroatoms. The van der Waals surface area contributed by atoms with E-state index in [0.717, 1.165) is 51.6 Å². The van der Waals surface area contributed by atoms with Crippen molar-refractivity contribution in [3.63, 3.8) is 0 Å². The molecule has 3 aromatic carbocycles. The minimum absolute atomic E-state index is 0.102. The molecule has 0 radical (unpaired) electrons. The van der Waals surface area contributed by atoms with Crippen LogP contribution in [0.25, 0.3) is 0 Å². The molecule has 0 unspecified atom stereocenters. The molecular weight excluding hydrogens is 567 g/mol. The highest BCUT2D eigenvalue weighted by Crippen LogP contribution is 2.27. The largest absolute Gasteiger partial charge is 0.352 e. The molecular formula is C33H41N3O4S2. The Bertz CT molecular complexity index is 1470. The van der Waals surface area contributed by atoms with E-state index in [0.29, 0.717) is 12.1 Å². The van der Waals surface area contributed by atoms with Crippen molar-refractivity contribution in [3.8, 4) is 0 Å². The van der Waals surface area contributed by atoms with Crippen molar-refractivity contribution in [3.05, 3.63) is 89.5 Å². The van der Waals surface area contributed by atoms with Crippen molar-refractivity contribution in [1.82, 2.24) is 10.2 Å². The van der Waals surface area contributed by atoms with Gasteiger partial charge in [0.15, 0.2) is 0 Å².